The van der Waals surface area contributed by atoms with Crippen LogP contribution in [0.3, 0.4) is 0 Å². The van der Waals surface area contributed by atoms with Crippen molar-refractivity contribution in [1.29, 1.82) is 0 Å². The molecule has 0 bridgehead atoms. The summed E-state index contributed by atoms with van der Waals surface area (Å²) in [6, 6.07) is 4.69. The quantitative estimate of drug-likeness (QED) is 0.740. The number of nitrogens with zero attached hydrogens (tertiary/aromatic N) is 4. The van der Waals surface area contributed by atoms with E-state index in [2.05, 4.69) is 15.1 Å². The number of carbonyl (C=O) groups is 2. The Labute approximate surface area is 166 Å². The molecule has 148 valence electrons. The molecule has 9 nitrogen and oxygen atoms in total. The molecule has 1 atom stereocenters. The zero-order chi connectivity index (χ0) is 20.4. The Hall–Kier alpha value is -3.75. The number of aliphatic imine (C=N–C) groups is 1. The van der Waals surface area contributed by atoms with Gasteiger partial charge in [-0.05, 0) is 24.3 Å². The Kier molecular flexibility index (Phi) is 4.94. The molecule has 2 heterocycles. The fraction of sp³-hybridized carbons (Fsp3) is 0.250. The molecule has 4 rings (SSSR count). The van der Waals surface area contributed by atoms with Gasteiger partial charge in [-0.3, -0.25) is 9.69 Å². The highest BCUT2D eigenvalue weighted by Crippen LogP contribution is 2.31. The molecule has 2 aromatic rings. The summed E-state index contributed by atoms with van der Waals surface area (Å²) in [5.74, 6) is 0.989. The second-order valence-corrected chi connectivity index (χ2v) is 6.36. The molecule has 1 aromatic carbocycles. The molecule has 2 aliphatic rings. The van der Waals surface area contributed by atoms with E-state index in [0.29, 0.717) is 34.5 Å². The molecule has 1 aliphatic carbocycles. The van der Waals surface area contributed by atoms with Crippen LogP contribution >= 0.6 is 0 Å². The number of carbonyl (C=O) groups excluding carboxylic acids is 2. The number of benzene rings is 1. The van der Waals surface area contributed by atoms with Gasteiger partial charge in [0, 0.05) is 18.5 Å². The van der Waals surface area contributed by atoms with Gasteiger partial charge in [0.2, 0.25) is 17.6 Å². The van der Waals surface area contributed by atoms with Gasteiger partial charge in [-0.2, -0.15) is 9.98 Å². The average Bonchev–Trinajstić information content (AvgIpc) is 3.22. The number of hydrogen-bond acceptors (Lipinski definition) is 7. The minimum absolute atomic E-state index is 0.107. The van der Waals surface area contributed by atoms with Gasteiger partial charge in [0.1, 0.15) is 0 Å². The number of fused-ring (bicyclic) bond motifs is 1. The zero-order valence-corrected chi connectivity index (χ0v) is 15.9. The number of ether oxygens (including phenoxy) is 2. The van der Waals surface area contributed by atoms with Crippen molar-refractivity contribution >= 4 is 17.6 Å². The maximum atomic E-state index is 12.6. The highest BCUT2D eigenvalue weighted by molar-refractivity contribution is 6.21. The fourth-order valence-electron chi connectivity index (χ4n) is 3.14. The minimum atomic E-state index is -0.583. The molecule has 29 heavy (non-hydrogen) atoms. The summed E-state index contributed by atoms with van der Waals surface area (Å²) in [5.41, 5.74) is 1.16. The van der Waals surface area contributed by atoms with Crippen LogP contribution in [0.1, 0.15) is 5.89 Å². The third-order valence-electron chi connectivity index (χ3n) is 4.65. The van der Waals surface area contributed by atoms with Crippen molar-refractivity contribution in [2.75, 3.05) is 20.8 Å². The van der Waals surface area contributed by atoms with Gasteiger partial charge >= 0.3 is 6.03 Å². The highest BCUT2D eigenvalue weighted by Gasteiger charge is 2.35. The van der Waals surface area contributed by atoms with Gasteiger partial charge in [0.15, 0.2) is 11.5 Å². The molecule has 0 saturated carbocycles. The fourth-order valence-corrected chi connectivity index (χ4v) is 3.14. The molecular weight excluding hydrogens is 376 g/mol. The highest BCUT2D eigenvalue weighted by atomic mass is 16.5. The van der Waals surface area contributed by atoms with Crippen molar-refractivity contribution in [1.82, 2.24) is 15.0 Å². The maximum Gasteiger partial charge on any atom is 0.350 e. The van der Waals surface area contributed by atoms with Crippen LogP contribution in [-0.4, -0.2) is 53.5 Å². The van der Waals surface area contributed by atoms with E-state index in [-0.39, 0.29) is 18.9 Å². The minimum Gasteiger partial charge on any atom is -0.493 e. The molecule has 1 aromatic heterocycles. The Morgan fingerprint density at radius 1 is 1.14 bits per heavy atom. The number of hydrogen-bond donors (Lipinski definition) is 0. The van der Waals surface area contributed by atoms with Crippen molar-refractivity contribution in [3.05, 3.63) is 48.4 Å². The average molecular weight is 394 g/mol. The number of rotatable bonds is 6. The molecule has 1 aliphatic heterocycles. The third-order valence-corrected chi connectivity index (χ3v) is 4.65. The van der Waals surface area contributed by atoms with Crippen LogP contribution in [0.4, 0.5) is 4.79 Å². The van der Waals surface area contributed by atoms with Gasteiger partial charge in [0.25, 0.3) is 0 Å². The second kappa shape index (κ2) is 7.70. The summed E-state index contributed by atoms with van der Waals surface area (Å²) in [6.45, 7) is 0.107. The first-order chi connectivity index (χ1) is 14.1. The van der Waals surface area contributed by atoms with Crippen LogP contribution in [0.5, 0.6) is 11.5 Å². The standard InChI is InChI=1S/C20H18N4O5/c1-27-15-8-7-12(11-16(15)28-2)18-22-17(29-23-18)9-10-24-19(25)13-5-3-4-6-14(13)21-20(24)26/h3-8,11,13H,9-10H2,1-2H3. The van der Waals surface area contributed by atoms with E-state index in [0.717, 1.165) is 4.90 Å². The number of amides is 3. The molecule has 3 amide bonds. The van der Waals surface area contributed by atoms with Crippen molar-refractivity contribution in [2.45, 2.75) is 6.42 Å². The van der Waals surface area contributed by atoms with E-state index >= 15 is 0 Å². The van der Waals surface area contributed by atoms with Crippen LogP contribution in [0.25, 0.3) is 11.4 Å². The molecule has 0 spiro atoms. The predicted octanol–water partition coefficient (Wildman–Crippen LogP) is 2.44. The Balaban J connectivity index is 1.47. The number of imide groups is 1. The van der Waals surface area contributed by atoms with Gasteiger partial charge in [0.05, 0.1) is 25.8 Å². The van der Waals surface area contributed by atoms with Gasteiger partial charge < -0.3 is 14.0 Å². The van der Waals surface area contributed by atoms with Crippen LogP contribution in [0.15, 0.2) is 52.0 Å². The number of methoxy groups -OCH3 is 2. The molecule has 0 fully saturated rings. The van der Waals surface area contributed by atoms with E-state index in [1.807, 2.05) is 0 Å². The first kappa shape index (κ1) is 18.6. The monoisotopic (exact) mass is 394 g/mol. The summed E-state index contributed by atoms with van der Waals surface area (Å²) >= 11 is 0. The topological polar surface area (TPSA) is 107 Å². The van der Waals surface area contributed by atoms with Gasteiger partial charge in [-0.25, -0.2) is 4.79 Å². The Morgan fingerprint density at radius 3 is 2.76 bits per heavy atom. The smallest absolute Gasteiger partial charge is 0.350 e. The second-order valence-electron chi connectivity index (χ2n) is 6.36. The van der Waals surface area contributed by atoms with Crippen molar-refractivity contribution in [3.63, 3.8) is 0 Å². The first-order valence-electron chi connectivity index (χ1n) is 8.94. The summed E-state index contributed by atoms with van der Waals surface area (Å²) in [5, 5.41) is 3.97. The molecule has 1 unspecified atom stereocenters. The van der Waals surface area contributed by atoms with Crippen molar-refractivity contribution < 1.29 is 23.6 Å². The SMILES string of the molecule is COc1ccc(-c2noc(CCN3C(=O)N=C4C=CC=CC4C3=O)n2)cc1OC. The van der Waals surface area contributed by atoms with E-state index < -0.39 is 11.9 Å². The van der Waals surface area contributed by atoms with Crippen LogP contribution in [0, 0.1) is 5.92 Å². The van der Waals surface area contributed by atoms with E-state index in [1.165, 1.54) is 0 Å². The maximum absolute atomic E-state index is 12.6. The van der Waals surface area contributed by atoms with Crippen molar-refractivity contribution in [3.8, 4) is 22.9 Å². The van der Waals surface area contributed by atoms with Gasteiger partial charge in [-0.15, -0.1) is 0 Å². The lowest BCUT2D eigenvalue weighted by Gasteiger charge is -2.27. The zero-order valence-electron chi connectivity index (χ0n) is 15.9. The lowest BCUT2D eigenvalue weighted by atomic mass is 9.95. The van der Waals surface area contributed by atoms with E-state index in [1.54, 1.807) is 56.7 Å². The largest absolute Gasteiger partial charge is 0.493 e. The number of urea groups is 1. The van der Waals surface area contributed by atoms with Crippen molar-refractivity contribution in [2.24, 2.45) is 10.9 Å². The number of allylic oxidation sites excluding steroid dienone is 3. The lowest BCUT2D eigenvalue weighted by Crippen LogP contribution is -2.46. The van der Waals surface area contributed by atoms with Crippen LogP contribution in [0.2, 0.25) is 0 Å². The first-order valence-corrected chi connectivity index (χ1v) is 8.94. The summed E-state index contributed by atoms with van der Waals surface area (Å²) in [7, 11) is 3.10. The Morgan fingerprint density at radius 2 is 1.97 bits per heavy atom. The lowest BCUT2D eigenvalue weighted by molar-refractivity contribution is -0.129. The van der Waals surface area contributed by atoms with E-state index in [9.17, 15) is 9.59 Å². The molecule has 0 saturated heterocycles. The van der Waals surface area contributed by atoms with E-state index in [4.69, 9.17) is 14.0 Å². The molecule has 9 heteroatoms. The predicted molar refractivity (Wildman–Crippen MR) is 103 cm³/mol. The number of aromatic nitrogens is 2. The molecule has 0 radical (unpaired) electrons. The molecule has 0 N–H and O–H groups in total. The van der Waals surface area contributed by atoms with Gasteiger partial charge in [-0.1, -0.05) is 23.4 Å². The normalized spacial score (nSPS) is 17.9. The summed E-state index contributed by atoms with van der Waals surface area (Å²) in [4.78, 5) is 34.2. The Bertz CT molecular complexity index is 1050. The molecular formula is C20H18N4O5. The van der Waals surface area contributed by atoms with Crippen LogP contribution < -0.4 is 9.47 Å². The third kappa shape index (κ3) is 3.54. The summed E-state index contributed by atoms with van der Waals surface area (Å²) in [6.07, 6.45) is 7.14. The summed E-state index contributed by atoms with van der Waals surface area (Å²) < 4.78 is 15.8. The van der Waals surface area contributed by atoms with Crippen LogP contribution in [-0.2, 0) is 11.2 Å².